The Balaban J connectivity index is 1.61. The first kappa shape index (κ1) is 14.0. The van der Waals surface area contributed by atoms with E-state index in [4.69, 9.17) is 0 Å². The number of rotatable bonds is 4. The van der Waals surface area contributed by atoms with E-state index < -0.39 is 0 Å². The van der Waals surface area contributed by atoms with Crippen molar-refractivity contribution in [1.29, 1.82) is 0 Å². The smallest absolute Gasteiger partial charge is 0.0400 e. The van der Waals surface area contributed by atoms with Gasteiger partial charge in [0.1, 0.15) is 0 Å². The fourth-order valence-corrected chi connectivity index (χ4v) is 2.88. The maximum atomic E-state index is 3.51. The zero-order valence-corrected chi connectivity index (χ0v) is 13.0. The molecule has 0 aromatic heterocycles. The van der Waals surface area contributed by atoms with Gasteiger partial charge in [0.15, 0.2) is 0 Å². The first-order valence-electron chi connectivity index (χ1n) is 7.87. The van der Waals surface area contributed by atoms with E-state index in [0.717, 1.165) is 6.54 Å². The minimum Gasteiger partial charge on any atom is -0.381 e. The number of benzene rings is 2. The van der Waals surface area contributed by atoms with Crippen LogP contribution in [0.4, 0.5) is 11.4 Å². The van der Waals surface area contributed by atoms with Gasteiger partial charge in [-0.05, 0) is 67.6 Å². The molecule has 0 amide bonds. The zero-order chi connectivity index (χ0) is 14.7. The summed E-state index contributed by atoms with van der Waals surface area (Å²) in [6.45, 7) is 7.61. The van der Waals surface area contributed by atoms with E-state index in [1.807, 2.05) is 0 Å². The molecule has 0 bridgehead atoms. The van der Waals surface area contributed by atoms with E-state index in [0.29, 0.717) is 0 Å². The maximum Gasteiger partial charge on any atom is 0.0400 e. The van der Waals surface area contributed by atoms with Crippen LogP contribution >= 0.6 is 0 Å². The Morgan fingerprint density at radius 1 is 0.905 bits per heavy atom. The number of aryl methyl sites for hydroxylation is 2. The van der Waals surface area contributed by atoms with Gasteiger partial charge >= 0.3 is 0 Å². The molecule has 110 valence electrons. The van der Waals surface area contributed by atoms with E-state index in [2.05, 4.69) is 66.5 Å². The van der Waals surface area contributed by atoms with Crippen LogP contribution in [0.5, 0.6) is 0 Å². The molecule has 1 N–H and O–H groups in total. The summed E-state index contributed by atoms with van der Waals surface area (Å²) >= 11 is 0. The summed E-state index contributed by atoms with van der Waals surface area (Å²) in [6, 6.07) is 15.5. The van der Waals surface area contributed by atoms with Gasteiger partial charge in [0, 0.05) is 31.0 Å². The minimum atomic E-state index is 0.879. The van der Waals surface area contributed by atoms with Crippen molar-refractivity contribution in [2.24, 2.45) is 0 Å². The van der Waals surface area contributed by atoms with Crippen molar-refractivity contribution >= 4 is 11.4 Å². The number of nitrogens with one attached hydrogen (secondary N) is 1. The first-order chi connectivity index (χ1) is 10.2. The molecule has 0 unspecified atom stereocenters. The Labute approximate surface area is 127 Å². The van der Waals surface area contributed by atoms with Crippen LogP contribution in [0.1, 0.15) is 29.5 Å². The summed E-state index contributed by atoms with van der Waals surface area (Å²) < 4.78 is 0. The molecule has 21 heavy (non-hydrogen) atoms. The van der Waals surface area contributed by atoms with E-state index in [1.165, 1.54) is 54.0 Å². The molecule has 2 aromatic rings. The first-order valence-corrected chi connectivity index (χ1v) is 7.87. The predicted octanol–water partition coefficient (Wildman–Crippen LogP) is 4.52. The SMILES string of the molecule is Cc1ccc(CNc2ccc(N3CCCC3)cc2)cc1C. The largest absolute Gasteiger partial charge is 0.381 e. The lowest BCUT2D eigenvalue weighted by Crippen LogP contribution is -2.17. The molecule has 1 saturated heterocycles. The Morgan fingerprint density at radius 3 is 2.29 bits per heavy atom. The molecular weight excluding hydrogens is 256 g/mol. The lowest BCUT2D eigenvalue weighted by Gasteiger charge is -2.18. The van der Waals surface area contributed by atoms with Gasteiger partial charge in [0.05, 0.1) is 0 Å². The highest BCUT2D eigenvalue weighted by Crippen LogP contribution is 2.22. The highest BCUT2D eigenvalue weighted by Gasteiger charge is 2.11. The number of hydrogen-bond acceptors (Lipinski definition) is 2. The second-order valence-corrected chi connectivity index (χ2v) is 6.01. The van der Waals surface area contributed by atoms with Crippen LogP contribution in [0.3, 0.4) is 0 Å². The third kappa shape index (κ3) is 3.38. The van der Waals surface area contributed by atoms with Crippen molar-refractivity contribution < 1.29 is 0 Å². The summed E-state index contributed by atoms with van der Waals surface area (Å²) in [7, 11) is 0. The molecule has 1 fully saturated rings. The molecule has 2 aromatic carbocycles. The van der Waals surface area contributed by atoms with Crippen LogP contribution in [0.15, 0.2) is 42.5 Å². The third-order valence-electron chi connectivity index (χ3n) is 4.41. The second-order valence-electron chi connectivity index (χ2n) is 6.01. The average molecular weight is 280 g/mol. The molecule has 2 nitrogen and oxygen atoms in total. The monoisotopic (exact) mass is 280 g/mol. The topological polar surface area (TPSA) is 15.3 Å². The molecule has 0 aliphatic carbocycles. The second kappa shape index (κ2) is 6.21. The van der Waals surface area contributed by atoms with Crippen molar-refractivity contribution in [3.63, 3.8) is 0 Å². The van der Waals surface area contributed by atoms with Gasteiger partial charge in [0.25, 0.3) is 0 Å². The lowest BCUT2D eigenvalue weighted by molar-refractivity contribution is 0.949. The number of hydrogen-bond donors (Lipinski definition) is 1. The highest BCUT2D eigenvalue weighted by molar-refractivity contribution is 5.55. The lowest BCUT2D eigenvalue weighted by atomic mass is 10.1. The van der Waals surface area contributed by atoms with Crippen LogP contribution < -0.4 is 10.2 Å². The van der Waals surface area contributed by atoms with Gasteiger partial charge in [0.2, 0.25) is 0 Å². The van der Waals surface area contributed by atoms with Crippen molar-refractivity contribution in [3.05, 3.63) is 59.2 Å². The van der Waals surface area contributed by atoms with Crippen LogP contribution in [0, 0.1) is 13.8 Å². The van der Waals surface area contributed by atoms with Gasteiger partial charge in [-0.3, -0.25) is 0 Å². The zero-order valence-electron chi connectivity index (χ0n) is 13.0. The highest BCUT2D eigenvalue weighted by atomic mass is 15.1. The Hall–Kier alpha value is -1.96. The predicted molar refractivity (Wildman–Crippen MR) is 91.1 cm³/mol. The Morgan fingerprint density at radius 2 is 1.62 bits per heavy atom. The van der Waals surface area contributed by atoms with Gasteiger partial charge in [-0.25, -0.2) is 0 Å². The Bertz CT molecular complexity index is 595. The normalized spacial score (nSPS) is 14.5. The van der Waals surface area contributed by atoms with Gasteiger partial charge in [-0.2, -0.15) is 0 Å². The molecule has 1 aliphatic rings. The van der Waals surface area contributed by atoms with Crippen molar-refractivity contribution in [2.75, 3.05) is 23.3 Å². The fraction of sp³-hybridized carbons (Fsp3) is 0.368. The van der Waals surface area contributed by atoms with Crippen LogP contribution in [-0.4, -0.2) is 13.1 Å². The van der Waals surface area contributed by atoms with Crippen molar-refractivity contribution in [3.8, 4) is 0 Å². The molecule has 0 spiro atoms. The molecule has 0 atom stereocenters. The molecule has 1 heterocycles. The minimum absolute atomic E-state index is 0.879. The summed E-state index contributed by atoms with van der Waals surface area (Å²) in [4.78, 5) is 2.47. The molecule has 0 radical (unpaired) electrons. The molecule has 1 aliphatic heterocycles. The quantitative estimate of drug-likeness (QED) is 0.886. The van der Waals surface area contributed by atoms with Crippen LogP contribution in [0.2, 0.25) is 0 Å². The van der Waals surface area contributed by atoms with E-state index >= 15 is 0 Å². The van der Waals surface area contributed by atoms with Crippen molar-refractivity contribution in [2.45, 2.75) is 33.2 Å². The standard InChI is InChI=1S/C19H24N2/c1-15-5-6-17(13-16(15)2)14-20-18-7-9-19(10-8-18)21-11-3-4-12-21/h5-10,13,20H,3-4,11-12,14H2,1-2H3. The number of anilines is 2. The maximum absolute atomic E-state index is 3.51. The van der Waals surface area contributed by atoms with Gasteiger partial charge < -0.3 is 10.2 Å². The van der Waals surface area contributed by atoms with E-state index in [9.17, 15) is 0 Å². The fourth-order valence-electron chi connectivity index (χ4n) is 2.88. The van der Waals surface area contributed by atoms with Gasteiger partial charge in [-0.1, -0.05) is 18.2 Å². The summed E-state index contributed by atoms with van der Waals surface area (Å²) in [5.74, 6) is 0. The van der Waals surface area contributed by atoms with Crippen molar-refractivity contribution in [1.82, 2.24) is 0 Å². The number of nitrogens with zero attached hydrogens (tertiary/aromatic N) is 1. The molecule has 3 rings (SSSR count). The van der Waals surface area contributed by atoms with E-state index in [1.54, 1.807) is 0 Å². The Kier molecular flexibility index (Phi) is 4.14. The van der Waals surface area contributed by atoms with Gasteiger partial charge in [-0.15, -0.1) is 0 Å². The molecule has 0 saturated carbocycles. The summed E-state index contributed by atoms with van der Waals surface area (Å²) in [5.41, 5.74) is 6.59. The molecule has 2 heteroatoms. The van der Waals surface area contributed by atoms with Crippen LogP contribution in [-0.2, 0) is 6.54 Å². The summed E-state index contributed by atoms with van der Waals surface area (Å²) in [5, 5.41) is 3.51. The van der Waals surface area contributed by atoms with E-state index in [-0.39, 0.29) is 0 Å². The van der Waals surface area contributed by atoms with Crippen LogP contribution in [0.25, 0.3) is 0 Å². The molecular formula is C19H24N2. The summed E-state index contributed by atoms with van der Waals surface area (Å²) in [6.07, 6.45) is 2.65. The average Bonchev–Trinajstić information content (AvgIpc) is 3.03. The third-order valence-corrected chi connectivity index (χ3v) is 4.41.